The van der Waals surface area contributed by atoms with E-state index < -0.39 is 12.0 Å². The van der Waals surface area contributed by atoms with Crippen LogP contribution in [0.5, 0.6) is 0 Å². The Morgan fingerprint density at radius 1 is 1.35 bits per heavy atom. The summed E-state index contributed by atoms with van der Waals surface area (Å²) >= 11 is 0. The van der Waals surface area contributed by atoms with E-state index >= 15 is 0 Å². The summed E-state index contributed by atoms with van der Waals surface area (Å²) in [7, 11) is 1.32. The number of methoxy groups -OCH3 is 1. The van der Waals surface area contributed by atoms with Crippen LogP contribution in [0.15, 0.2) is 24.3 Å². The number of esters is 1. The van der Waals surface area contributed by atoms with Gasteiger partial charge in [0.05, 0.1) is 12.8 Å². The highest BCUT2D eigenvalue weighted by atomic mass is 19.1. The lowest BCUT2D eigenvalue weighted by Gasteiger charge is -2.29. The Morgan fingerprint density at radius 2 is 1.94 bits per heavy atom. The molecule has 0 aliphatic heterocycles. The second-order valence-corrected chi connectivity index (χ2v) is 4.95. The summed E-state index contributed by atoms with van der Waals surface area (Å²) in [5.74, 6) is -0.786. The molecule has 1 aromatic rings. The highest BCUT2D eigenvalue weighted by Gasteiger charge is 2.32. The quantitative estimate of drug-likeness (QED) is 0.824. The topological polar surface area (TPSA) is 38.3 Å². The van der Waals surface area contributed by atoms with E-state index in [1.165, 1.54) is 13.2 Å². The number of ether oxygens (including phenoxy) is 1. The minimum absolute atomic E-state index is 0.304. The average Bonchev–Trinajstić information content (AvgIpc) is 2.25. The van der Waals surface area contributed by atoms with Crippen molar-refractivity contribution in [2.45, 2.75) is 26.8 Å². The van der Waals surface area contributed by atoms with Crippen LogP contribution in [0.2, 0.25) is 0 Å². The lowest BCUT2D eigenvalue weighted by molar-refractivity contribution is -0.143. The highest BCUT2D eigenvalue weighted by Crippen LogP contribution is 2.25. The molecular weight excluding hydrogens is 221 g/mol. The number of anilines is 1. The van der Waals surface area contributed by atoms with Crippen LogP contribution in [0.4, 0.5) is 10.1 Å². The van der Waals surface area contributed by atoms with Crippen molar-refractivity contribution in [2.75, 3.05) is 12.4 Å². The molecule has 1 rings (SSSR count). The van der Waals surface area contributed by atoms with Crippen LogP contribution in [-0.2, 0) is 9.53 Å². The Kier molecular flexibility index (Phi) is 4.10. The first kappa shape index (κ1) is 13.5. The van der Waals surface area contributed by atoms with Crippen LogP contribution in [0.1, 0.15) is 20.8 Å². The van der Waals surface area contributed by atoms with Gasteiger partial charge in [-0.2, -0.15) is 0 Å². The van der Waals surface area contributed by atoms with Gasteiger partial charge in [0, 0.05) is 0 Å². The first-order valence-electron chi connectivity index (χ1n) is 5.45. The summed E-state index contributed by atoms with van der Waals surface area (Å²) in [6, 6.07) is 5.66. The smallest absolute Gasteiger partial charge is 0.328 e. The maximum absolute atomic E-state index is 13.5. The minimum atomic E-state index is -0.593. The Balaban J connectivity index is 2.95. The molecule has 1 aromatic carbocycles. The highest BCUT2D eigenvalue weighted by molar-refractivity contribution is 5.80. The summed E-state index contributed by atoms with van der Waals surface area (Å²) in [5.41, 5.74) is -0.0622. The maximum Gasteiger partial charge on any atom is 0.328 e. The van der Waals surface area contributed by atoms with E-state index in [0.717, 1.165) is 0 Å². The van der Waals surface area contributed by atoms with Gasteiger partial charge in [-0.25, -0.2) is 9.18 Å². The van der Waals surface area contributed by atoms with Gasteiger partial charge in [0.1, 0.15) is 11.9 Å². The van der Waals surface area contributed by atoms with Crippen molar-refractivity contribution in [1.82, 2.24) is 0 Å². The zero-order valence-corrected chi connectivity index (χ0v) is 10.6. The molecule has 1 N–H and O–H groups in total. The molecule has 0 aromatic heterocycles. The fraction of sp³-hybridized carbons (Fsp3) is 0.462. The molecule has 0 fully saturated rings. The Morgan fingerprint density at radius 3 is 2.41 bits per heavy atom. The minimum Gasteiger partial charge on any atom is -0.467 e. The van der Waals surface area contributed by atoms with Crippen LogP contribution in [0.25, 0.3) is 0 Å². The van der Waals surface area contributed by atoms with E-state index in [1.54, 1.807) is 18.2 Å². The van der Waals surface area contributed by atoms with E-state index in [2.05, 4.69) is 5.32 Å². The third-order valence-corrected chi connectivity index (χ3v) is 2.48. The molecule has 0 amide bonds. The summed E-state index contributed by atoms with van der Waals surface area (Å²) in [6.45, 7) is 5.67. The first-order valence-corrected chi connectivity index (χ1v) is 5.45. The summed E-state index contributed by atoms with van der Waals surface area (Å²) < 4.78 is 18.2. The molecule has 17 heavy (non-hydrogen) atoms. The standard InChI is InChI=1S/C13H18FNO2/c1-13(2,3)11(12(16)17-4)15-10-8-6-5-7-9(10)14/h5-8,11,15H,1-4H3. The van der Waals surface area contributed by atoms with E-state index in [4.69, 9.17) is 4.74 Å². The lowest BCUT2D eigenvalue weighted by atomic mass is 9.86. The largest absolute Gasteiger partial charge is 0.467 e. The van der Waals surface area contributed by atoms with Gasteiger partial charge >= 0.3 is 5.97 Å². The molecule has 0 saturated heterocycles. The van der Waals surface area contributed by atoms with E-state index in [0.29, 0.717) is 5.69 Å². The monoisotopic (exact) mass is 239 g/mol. The SMILES string of the molecule is COC(=O)C(Nc1ccccc1F)C(C)(C)C. The van der Waals surface area contributed by atoms with Crippen LogP contribution >= 0.6 is 0 Å². The van der Waals surface area contributed by atoms with Gasteiger partial charge in [-0.15, -0.1) is 0 Å². The summed E-state index contributed by atoms with van der Waals surface area (Å²) in [6.07, 6.45) is 0. The van der Waals surface area contributed by atoms with Crippen LogP contribution in [0, 0.1) is 11.2 Å². The van der Waals surface area contributed by atoms with Crippen LogP contribution in [-0.4, -0.2) is 19.1 Å². The van der Waals surface area contributed by atoms with Gasteiger partial charge in [0.25, 0.3) is 0 Å². The van der Waals surface area contributed by atoms with Crippen LogP contribution < -0.4 is 5.32 Å². The molecule has 0 aliphatic rings. The molecule has 0 aliphatic carbocycles. The number of nitrogens with one attached hydrogen (secondary N) is 1. The number of halogens is 1. The van der Waals surface area contributed by atoms with Crippen molar-refractivity contribution in [3.05, 3.63) is 30.1 Å². The third-order valence-electron chi connectivity index (χ3n) is 2.48. The molecule has 0 spiro atoms. The second kappa shape index (κ2) is 5.17. The Labute approximate surface area is 101 Å². The van der Waals surface area contributed by atoms with Crippen molar-refractivity contribution in [1.29, 1.82) is 0 Å². The number of carbonyl (C=O) groups excluding carboxylic acids is 1. The Bertz CT molecular complexity index is 399. The number of rotatable bonds is 3. The van der Waals surface area contributed by atoms with Gasteiger partial charge in [0.15, 0.2) is 0 Å². The van der Waals surface area contributed by atoms with Crippen LogP contribution in [0.3, 0.4) is 0 Å². The third kappa shape index (κ3) is 3.44. The van der Waals surface area contributed by atoms with Crippen molar-refractivity contribution in [2.24, 2.45) is 5.41 Å². The van der Waals surface area contributed by atoms with Gasteiger partial charge in [0.2, 0.25) is 0 Å². The van der Waals surface area contributed by atoms with Gasteiger partial charge in [-0.3, -0.25) is 0 Å². The van der Waals surface area contributed by atoms with Gasteiger partial charge < -0.3 is 10.1 Å². The normalized spacial score (nSPS) is 13.0. The molecule has 0 heterocycles. The van der Waals surface area contributed by atoms with Gasteiger partial charge in [-0.1, -0.05) is 32.9 Å². The molecule has 94 valence electrons. The number of hydrogen-bond donors (Lipinski definition) is 1. The summed E-state index contributed by atoms with van der Waals surface area (Å²) in [4.78, 5) is 11.7. The fourth-order valence-corrected chi connectivity index (χ4v) is 1.48. The molecule has 0 saturated carbocycles. The number of hydrogen-bond acceptors (Lipinski definition) is 3. The van der Waals surface area contributed by atoms with E-state index in [1.807, 2.05) is 20.8 Å². The molecule has 1 unspecified atom stereocenters. The first-order chi connectivity index (χ1) is 7.86. The van der Waals surface area contributed by atoms with Crippen molar-refractivity contribution >= 4 is 11.7 Å². The van der Waals surface area contributed by atoms with E-state index in [9.17, 15) is 9.18 Å². The van der Waals surface area contributed by atoms with Crippen molar-refractivity contribution in [3.63, 3.8) is 0 Å². The molecule has 3 nitrogen and oxygen atoms in total. The zero-order chi connectivity index (χ0) is 13.1. The molecule has 0 radical (unpaired) electrons. The van der Waals surface area contributed by atoms with Crippen molar-refractivity contribution in [3.8, 4) is 0 Å². The second-order valence-electron chi connectivity index (χ2n) is 4.95. The average molecular weight is 239 g/mol. The van der Waals surface area contributed by atoms with E-state index in [-0.39, 0.29) is 11.2 Å². The van der Waals surface area contributed by atoms with Gasteiger partial charge in [-0.05, 0) is 17.5 Å². The maximum atomic E-state index is 13.5. The predicted octanol–water partition coefficient (Wildman–Crippen LogP) is 2.83. The fourth-order valence-electron chi connectivity index (χ4n) is 1.48. The molecule has 1 atom stereocenters. The lowest BCUT2D eigenvalue weighted by Crippen LogP contribution is -2.42. The predicted molar refractivity (Wildman–Crippen MR) is 65.3 cm³/mol. The zero-order valence-electron chi connectivity index (χ0n) is 10.6. The van der Waals surface area contributed by atoms with Crippen molar-refractivity contribution < 1.29 is 13.9 Å². The molecule has 4 heteroatoms. The summed E-state index contributed by atoms with van der Waals surface area (Å²) in [5, 5.41) is 2.89. The Hall–Kier alpha value is -1.58. The number of para-hydroxylation sites is 1. The number of benzene rings is 1. The molecular formula is C13H18FNO2. The number of carbonyl (C=O) groups is 1. The molecule has 0 bridgehead atoms.